The smallest absolute Gasteiger partial charge is 0.333 e. The highest BCUT2D eigenvalue weighted by molar-refractivity contribution is 7.86. The Morgan fingerprint density at radius 2 is 1.33 bits per heavy atom. The summed E-state index contributed by atoms with van der Waals surface area (Å²) in [5.74, 6) is -1.72. The Bertz CT molecular complexity index is 3040. The van der Waals surface area contributed by atoms with Crippen LogP contribution in [0.15, 0.2) is 112 Å². The van der Waals surface area contributed by atoms with Gasteiger partial charge in [0.15, 0.2) is 12.3 Å². The normalized spacial score (nSPS) is 19.4. The van der Waals surface area contributed by atoms with Gasteiger partial charge in [0, 0.05) is 60.3 Å². The van der Waals surface area contributed by atoms with Gasteiger partial charge in [0.1, 0.15) is 0 Å². The molecule has 72 heavy (non-hydrogen) atoms. The lowest BCUT2D eigenvalue weighted by atomic mass is 9.79. The first-order valence-corrected chi connectivity index (χ1v) is 27.6. The summed E-state index contributed by atoms with van der Waals surface area (Å²) in [5, 5.41) is 0.566. The van der Waals surface area contributed by atoms with Crippen molar-refractivity contribution < 1.29 is 58.7 Å². The zero-order valence-electron chi connectivity index (χ0n) is 43.5. The molecule has 2 amide bonds. The van der Waals surface area contributed by atoms with Gasteiger partial charge < -0.3 is 18.7 Å². The molecular formula is C55H72N5O10S2+3. The van der Waals surface area contributed by atoms with E-state index in [9.17, 15) is 40.3 Å². The van der Waals surface area contributed by atoms with E-state index in [0.717, 1.165) is 116 Å². The van der Waals surface area contributed by atoms with Crippen molar-refractivity contribution in [1.29, 1.82) is 0 Å². The number of hydrogen-bond donors (Lipinski definition) is 2. The molecule has 3 aromatic carbocycles. The zero-order chi connectivity index (χ0) is 52.8. The molecule has 3 heterocycles. The summed E-state index contributed by atoms with van der Waals surface area (Å²) in [5.41, 5.74) is 9.19. The molecule has 17 heteroatoms. The number of benzene rings is 3. The predicted octanol–water partition coefficient (Wildman–Crippen LogP) is 8.09. The van der Waals surface area contributed by atoms with Crippen molar-refractivity contribution >= 4 is 60.7 Å². The Balaban J connectivity index is 1.33. The number of imide groups is 1. The molecule has 1 saturated heterocycles. The molecule has 1 fully saturated rings. The average Bonchev–Trinajstić information content (AvgIpc) is 3.79. The molecule has 386 valence electrons. The van der Waals surface area contributed by atoms with Gasteiger partial charge in [-0.15, -0.1) is 5.06 Å². The third kappa shape index (κ3) is 12.1. The second-order valence-corrected chi connectivity index (χ2v) is 25.4. The summed E-state index contributed by atoms with van der Waals surface area (Å²) in [6, 6.07) is 17.7. The number of amides is 2. The lowest BCUT2D eigenvalue weighted by molar-refractivity contribution is -0.871. The monoisotopic (exact) mass is 1030 g/mol. The Hall–Kier alpha value is -5.56. The van der Waals surface area contributed by atoms with Crippen LogP contribution in [-0.2, 0) is 56.7 Å². The van der Waals surface area contributed by atoms with Crippen molar-refractivity contribution in [2.45, 2.75) is 106 Å². The van der Waals surface area contributed by atoms with Crippen LogP contribution < -0.4 is 4.90 Å². The highest BCUT2D eigenvalue weighted by atomic mass is 32.2. The number of hydroxylamine groups is 2. The lowest BCUT2D eigenvalue weighted by Gasteiger charge is -2.29. The van der Waals surface area contributed by atoms with Gasteiger partial charge >= 0.3 is 5.97 Å². The fraction of sp³-hybridized carbons (Fsp3) is 0.455. The molecule has 0 bridgehead atoms. The predicted molar refractivity (Wildman–Crippen MR) is 279 cm³/mol. The summed E-state index contributed by atoms with van der Waals surface area (Å²) in [7, 11) is 4.03. The van der Waals surface area contributed by atoms with Crippen LogP contribution in [0.1, 0.15) is 101 Å². The van der Waals surface area contributed by atoms with Crippen LogP contribution in [0.3, 0.4) is 0 Å². The van der Waals surface area contributed by atoms with Gasteiger partial charge in [-0.2, -0.15) is 21.4 Å². The summed E-state index contributed by atoms with van der Waals surface area (Å²) in [6.45, 7) is 11.5. The van der Waals surface area contributed by atoms with Crippen molar-refractivity contribution in [2.75, 3.05) is 73.4 Å². The highest BCUT2D eigenvalue weighted by Crippen LogP contribution is 2.49. The highest BCUT2D eigenvalue weighted by Gasteiger charge is 2.45. The van der Waals surface area contributed by atoms with Crippen molar-refractivity contribution in [3.05, 3.63) is 124 Å². The first-order chi connectivity index (χ1) is 33.5. The molecule has 3 aliphatic heterocycles. The van der Waals surface area contributed by atoms with E-state index >= 15 is 0 Å². The largest absolute Gasteiger partial charge is 0.344 e. The number of nitrogens with zero attached hydrogens (tertiary/aromatic N) is 5. The number of anilines is 1. The minimum Gasteiger partial charge on any atom is -0.344 e. The number of carbonyl (C=O) groups is 3. The fourth-order valence-electron chi connectivity index (χ4n) is 10.4. The van der Waals surface area contributed by atoms with Crippen LogP contribution in [-0.4, -0.2) is 137 Å². The molecule has 0 unspecified atom stereocenters. The molecule has 0 atom stereocenters. The molecule has 1 aliphatic carbocycles. The molecule has 0 spiro atoms. The maximum Gasteiger partial charge on any atom is 0.333 e. The molecule has 7 rings (SSSR count). The summed E-state index contributed by atoms with van der Waals surface area (Å²) in [6.07, 6.45) is 13.1. The third-order valence-electron chi connectivity index (χ3n) is 14.2. The van der Waals surface area contributed by atoms with Crippen LogP contribution in [0, 0.1) is 0 Å². The van der Waals surface area contributed by atoms with E-state index in [1.807, 2.05) is 24.3 Å². The van der Waals surface area contributed by atoms with E-state index in [1.165, 1.54) is 12.1 Å². The molecular weight excluding hydrogens is 955 g/mol. The van der Waals surface area contributed by atoms with E-state index in [4.69, 9.17) is 4.84 Å². The van der Waals surface area contributed by atoms with E-state index < -0.39 is 48.8 Å². The third-order valence-corrected chi connectivity index (χ3v) is 15.9. The molecule has 3 aromatic rings. The van der Waals surface area contributed by atoms with Gasteiger partial charge in [0.05, 0.1) is 83.4 Å². The number of allylic oxidation sites excluding steroid dienone is 8. The van der Waals surface area contributed by atoms with Gasteiger partial charge in [-0.1, -0.05) is 50.3 Å². The standard InChI is InChI=1S/C55H70N5O10S2/c1-54(2)44-36-42(71(64,65)66)23-25-46(44)56(32-12-34-59(5,6)7)48(54)27-21-39-14-11-15-40(53(39)41-19-16-38(17-20-41)18-31-52(63)70-58-50(61)29-30-51(58)62)22-28-49-55(3,4)45-37-43(72(67,68)69)24-26-47(45)57(49)33-13-35-60(8,9)10/h16-17,19-28,36-37H,11-15,18,29-35H2,1-10H3/q+1/p+2. The molecule has 0 aromatic heterocycles. The SMILES string of the molecule is CC1(C)C(=CC=C2CCCC(C=CC3=[N+](CCC[N+](C)(C)C)c4ccc(S(=O)(=O)O)cc4C3(C)C)=C2c2ccc(CCC(=O)ON3C(=O)CCC3=O)cc2)N(CCC[N+](C)(C)C)c2ccc(S(=O)(=O)O)cc21. The van der Waals surface area contributed by atoms with Crippen LogP contribution in [0.25, 0.3) is 5.57 Å². The van der Waals surface area contributed by atoms with Crippen LogP contribution in [0.2, 0.25) is 0 Å². The molecule has 15 nitrogen and oxygen atoms in total. The number of hydrogen-bond acceptors (Lipinski definition) is 9. The van der Waals surface area contributed by atoms with Gasteiger partial charge in [-0.3, -0.25) is 18.7 Å². The van der Waals surface area contributed by atoms with E-state index in [2.05, 4.69) is 104 Å². The number of fused-ring (bicyclic) bond motifs is 2. The minimum atomic E-state index is -4.45. The van der Waals surface area contributed by atoms with Crippen molar-refractivity contribution in [3.8, 4) is 0 Å². The summed E-state index contributed by atoms with van der Waals surface area (Å²) in [4.78, 5) is 44.0. The Morgan fingerprint density at radius 1 is 0.736 bits per heavy atom. The van der Waals surface area contributed by atoms with Gasteiger partial charge in [0.2, 0.25) is 5.69 Å². The van der Waals surface area contributed by atoms with Crippen molar-refractivity contribution in [3.63, 3.8) is 0 Å². The van der Waals surface area contributed by atoms with E-state index in [0.29, 0.717) is 24.6 Å². The second kappa shape index (κ2) is 20.4. The number of aryl methyl sites for hydroxylation is 1. The molecule has 0 radical (unpaired) electrons. The fourth-order valence-corrected chi connectivity index (χ4v) is 11.4. The Labute approximate surface area is 426 Å². The first kappa shape index (κ1) is 54.2. The van der Waals surface area contributed by atoms with Crippen LogP contribution >= 0.6 is 0 Å². The second-order valence-electron chi connectivity index (χ2n) is 22.6. The maximum absolute atomic E-state index is 12.8. The quantitative estimate of drug-likeness (QED) is 0.0545. The summed E-state index contributed by atoms with van der Waals surface area (Å²) < 4.78 is 73.6. The number of quaternary nitrogens is 2. The molecule has 0 saturated carbocycles. The van der Waals surface area contributed by atoms with Gasteiger partial charge in [-0.05, 0) is 109 Å². The topological polar surface area (TPSA) is 179 Å². The number of rotatable bonds is 18. The summed E-state index contributed by atoms with van der Waals surface area (Å²) >= 11 is 0. The first-order valence-electron chi connectivity index (χ1n) is 24.7. The Kier molecular flexibility index (Phi) is 15.4. The maximum atomic E-state index is 12.8. The van der Waals surface area contributed by atoms with Gasteiger partial charge in [-0.25, -0.2) is 4.79 Å². The minimum absolute atomic E-state index is 0.0182. The Morgan fingerprint density at radius 3 is 1.94 bits per heavy atom. The zero-order valence-corrected chi connectivity index (χ0v) is 45.1. The molecule has 2 N–H and O–H groups in total. The van der Waals surface area contributed by atoms with Crippen LogP contribution in [0.5, 0.6) is 0 Å². The van der Waals surface area contributed by atoms with Crippen molar-refractivity contribution in [2.24, 2.45) is 0 Å². The van der Waals surface area contributed by atoms with E-state index in [-0.39, 0.29) is 29.1 Å². The lowest BCUT2D eigenvalue weighted by Crippen LogP contribution is -2.37. The number of carbonyl (C=O) groups excluding carboxylic acids is 3. The van der Waals surface area contributed by atoms with Crippen LogP contribution in [0.4, 0.5) is 11.4 Å². The van der Waals surface area contributed by atoms with Gasteiger partial charge in [0.25, 0.3) is 32.1 Å². The van der Waals surface area contributed by atoms with Crippen molar-refractivity contribution in [1.82, 2.24) is 5.06 Å². The van der Waals surface area contributed by atoms with E-state index in [1.54, 1.807) is 24.3 Å². The molecule has 4 aliphatic rings. The average molecular weight is 1030 g/mol.